The fourth-order valence-electron chi connectivity index (χ4n) is 3.52. The molecule has 1 fully saturated rings. The van der Waals surface area contributed by atoms with Crippen LogP contribution < -0.4 is 4.74 Å². The lowest BCUT2D eigenvalue weighted by atomic mass is 9.87. The second kappa shape index (κ2) is 6.33. The Hall–Kier alpha value is -2.09. The zero-order chi connectivity index (χ0) is 18.2. The van der Waals surface area contributed by atoms with Gasteiger partial charge >= 0.3 is 6.18 Å². The van der Waals surface area contributed by atoms with Gasteiger partial charge in [0.05, 0.1) is 13.0 Å². The van der Waals surface area contributed by atoms with Crippen LogP contribution in [0.3, 0.4) is 0 Å². The minimum atomic E-state index is -4.68. The minimum Gasteiger partial charge on any atom is -0.497 e. The molecule has 1 aromatic carbocycles. The molecule has 3 rings (SSSR count). The molecule has 2 atom stereocenters. The number of methoxy groups -OCH3 is 1. The van der Waals surface area contributed by atoms with E-state index in [1.54, 1.807) is 0 Å². The van der Waals surface area contributed by atoms with Crippen LogP contribution in [0.25, 0.3) is 0 Å². The molecule has 5 nitrogen and oxygen atoms in total. The number of halogens is 3. The highest BCUT2D eigenvalue weighted by molar-refractivity contribution is 6.00. The summed E-state index contributed by atoms with van der Waals surface area (Å²) in [6.45, 7) is 0. The molecule has 0 spiro atoms. The van der Waals surface area contributed by atoms with E-state index in [4.69, 9.17) is 4.74 Å². The van der Waals surface area contributed by atoms with Crippen LogP contribution in [0.15, 0.2) is 29.4 Å². The Morgan fingerprint density at radius 1 is 1.28 bits per heavy atom. The van der Waals surface area contributed by atoms with E-state index in [-0.39, 0.29) is 18.4 Å². The molecule has 0 radical (unpaired) electrons. The monoisotopic (exact) mass is 356 g/mol. The van der Waals surface area contributed by atoms with E-state index in [1.165, 1.54) is 31.4 Å². The largest absolute Gasteiger partial charge is 0.497 e. The molecule has 1 aromatic rings. The van der Waals surface area contributed by atoms with Crippen LogP contribution >= 0.6 is 0 Å². The molecule has 1 aliphatic carbocycles. The number of aliphatic hydroxyl groups is 1. The van der Waals surface area contributed by atoms with Crippen molar-refractivity contribution >= 4 is 11.6 Å². The van der Waals surface area contributed by atoms with Crippen molar-refractivity contribution in [3.63, 3.8) is 0 Å². The van der Waals surface area contributed by atoms with Gasteiger partial charge in [-0.15, -0.1) is 0 Å². The molecule has 0 unspecified atom stereocenters. The second-order valence-electron chi connectivity index (χ2n) is 6.36. The van der Waals surface area contributed by atoms with Gasteiger partial charge in [-0.3, -0.25) is 4.79 Å². The Kier molecular flexibility index (Phi) is 4.49. The molecule has 25 heavy (non-hydrogen) atoms. The minimum absolute atomic E-state index is 0.0721. The molecule has 8 heteroatoms. The first-order chi connectivity index (χ1) is 11.8. The number of rotatable bonds is 2. The quantitative estimate of drug-likeness (QED) is 0.884. The van der Waals surface area contributed by atoms with Crippen LogP contribution in [0.4, 0.5) is 13.2 Å². The Labute approximate surface area is 143 Å². The van der Waals surface area contributed by atoms with Gasteiger partial charge in [-0.2, -0.15) is 23.3 Å². The van der Waals surface area contributed by atoms with E-state index < -0.39 is 29.4 Å². The normalized spacial score (nSPS) is 26.7. The van der Waals surface area contributed by atoms with Crippen molar-refractivity contribution in [1.29, 1.82) is 0 Å². The van der Waals surface area contributed by atoms with Gasteiger partial charge in [-0.25, -0.2) is 0 Å². The first-order valence-corrected chi connectivity index (χ1v) is 8.14. The Bertz CT molecular complexity index is 687. The number of hydrogen-bond donors (Lipinski definition) is 1. The summed E-state index contributed by atoms with van der Waals surface area (Å²) in [6, 6.07) is 5.95. The molecule has 0 saturated heterocycles. The summed E-state index contributed by atoms with van der Waals surface area (Å²) < 4.78 is 45.1. The zero-order valence-corrected chi connectivity index (χ0v) is 13.7. The maximum Gasteiger partial charge on any atom is 0.431 e. The predicted octanol–water partition coefficient (Wildman–Crippen LogP) is 3.34. The van der Waals surface area contributed by atoms with E-state index in [0.717, 1.165) is 0 Å². The molecule has 0 aromatic heterocycles. The highest BCUT2D eigenvalue weighted by Crippen LogP contribution is 2.45. The van der Waals surface area contributed by atoms with Gasteiger partial charge in [0.1, 0.15) is 11.5 Å². The zero-order valence-electron chi connectivity index (χ0n) is 13.7. The Morgan fingerprint density at radius 2 is 1.96 bits per heavy atom. The average Bonchev–Trinajstić information content (AvgIpc) is 2.73. The molecule has 2 aliphatic rings. The summed E-state index contributed by atoms with van der Waals surface area (Å²) in [7, 11) is 1.47. The second-order valence-corrected chi connectivity index (χ2v) is 6.36. The van der Waals surface area contributed by atoms with Crippen LogP contribution in [0.5, 0.6) is 5.75 Å². The van der Waals surface area contributed by atoms with Gasteiger partial charge in [0.15, 0.2) is 5.72 Å². The number of hydrogen-bond acceptors (Lipinski definition) is 4. The van der Waals surface area contributed by atoms with E-state index in [0.29, 0.717) is 30.0 Å². The summed E-state index contributed by atoms with van der Waals surface area (Å²) in [5, 5.41) is 15.1. The fourth-order valence-corrected chi connectivity index (χ4v) is 3.52. The maximum absolute atomic E-state index is 13.4. The van der Waals surface area contributed by atoms with Crippen molar-refractivity contribution in [2.24, 2.45) is 11.0 Å². The lowest BCUT2D eigenvalue weighted by Crippen LogP contribution is -2.51. The van der Waals surface area contributed by atoms with Gasteiger partial charge < -0.3 is 9.84 Å². The van der Waals surface area contributed by atoms with Crippen molar-refractivity contribution in [3.8, 4) is 5.75 Å². The van der Waals surface area contributed by atoms with Gasteiger partial charge in [0, 0.05) is 5.56 Å². The van der Waals surface area contributed by atoms with Crippen molar-refractivity contribution in [2.75, 3.05) is 7.11 Å². The van der Waals surface area contributed by atoms with E-state index in [1.807, 2.05) is 0 Å². The van der Waals surface area contributed by atoms with Gasteiger partial charge in [0.2, 0.25) is 0 Å². The lowest BCUT2D eigenvalue weighted by molar-refractivity contribution is -0.108. The molecule has 1 amide bonds. The highest BCUT2D eigenvalue weighted by atomic mass is 19.4. The highest BCUT2D eigenvalue weighted by Gasteiger charge is 2.59. The van der Waals surface area contributed by atoms with Crippen molar-refractivity contribution in [2.45, 2.75) is 44.0 Å². The molecule has 1 heterocycles. The molecule has 1 saturated carbocycles. The van der Waals surface area contributed by atoms with Crippen molar-refractivity contribution < 1.29 is 27.8 Å². The smallest absolute Gasteiger partial charge is 0.431 e. The standard InChI is InChI=1S/C17H19F3N2O3/c1-25-12-8-6-11(7-9-12)15(23)22-16(24)10-4-2-3-5-13(16)14(21-22)17(18,19)20/h6-9,13,24H,2-5,10H2,1H3/t13-,16-/m0/s1. The van der Waals surface area contributed by atoms with Crippen LogP contribution in [-0.2, 0) is 0 Å². The molecule has 0 bridgehead atoms. The van der Waals surface area contributed by atoms with E-state index >= 15 is 0 Å². The number of ether oxygens (including phenoxy) is 1. The van der Waals surface area contributed by atoms with Gasteiger partial charge in [-0.05, 0) is 43.5 Å². The van der Waals surface area contributed by atoms with Gasteiger partial charge in [-0.1, -0.05) is 12.8 Å². The number of nitrogens with zero attached hydrogens (tertiary/aromatic N) is 2. The average molecular weight is 356 g/mol. The van der Waals surface area contributed by atoms with E-state index in [9.17, 15) is 23.1 Å². The predicted molar refractivity (Wildman–Crippen MR) is 84.2 cm³/mol. The Morgan fingerprint density at radius 3 is 2.56 bits per heavy atom. The molecule has 136 valence electrons. The first-order valence-electron chi connectivity index (χ1n) is 8.14. The summed E-state index contributed by atoms with van der Waals surface area (Å²) in [4.78, 5) is 12.7. The lowest BCUT2D eigenvalue weighted by Gasteiger charge is -2.35. The number of carbonyl (C=O) groups excluding carboxylic acids is 1. The summed E-state index contributed by atoms with van der Waals surface area (Å²) in [6.07, 6.45) is -2.64. The SMILES string of the molecule is COc1ccc(C(=O)N2N=C(C(F)(F)F)[C@@H]3CCCCC[C@]32O)cc1. The number of benzene rings is 1. The number of fused-ring (bicyclic) bond motifs is 1. The molecule has 1 N–H and O–H groups in total. The summed E-state index contributed by atoms with van der Waals surface area (Å²) in [5.41, 5.74) is -2.86. The van der Waals surface area contributed by atoms with Crippen molar-refractivity contribution in [3.05, 3.63) is 29.8 Å². The Balaban J connectivity index is 1.99. The third-order valence-electron chi connectivity index (χ3n) is 4.82. The molecule has 1 aliphatic heterocycles. The van der Waals surface area contributed by atoms with Crippen LogP contribution in [0.2, 0.25) is 0 Å². The van der Waals surface area contributed by atoms with E-state index in [2.05, 4.69) is 5.10 Å². The topological polar surface area (TPSA) is 62.1 Å². The maximum atomic E-state index is 13.4. The number of alkyl halides is 3. The van der Waals surface area contributed by atoms with Crippen LogP contribution in [0.1, 0.15) is 42.5 Å². The molecular weight excluding hydrogens is 337 g/mol. The number of amides is 1. The van der Waals surface area contributed by atoms with Crippen molar-refractivity contribution in [1.82, 2.24) is 5.01 Å². The number of hydrazone groups is 1. The summed E-state index contributed by atoms with van der Waals surface area (Å²) in [5.74, 6) is -1.45. The first kappa shape index (κ1) is 17.7. The van der Waals surface area contributed by atoms with Crippen LogP contribution in [-0.4, -0.2) is 40.7 Å². The number of carbonyl (C=O) groups is 1. The summed E-state index contributed by atoms with van der Waals surface area (Å²) >= 11 is 0. The fraction of sp³-hybridized carbons (Fsp3) is 0.529. The third kappa shape index (κ3) is 3.10. The van der Waals surface area contributed by atoms with Gasteiger partial charge in [0.25, 0.3) is 5.91 Å². The molecular formula is C17H19F3N2O3. The van der Waals surface area contributed by atoms with Crippen LogP contribution in [0, 0.1) is 5.92 Å². The third-order valence-corrected chi connectivity index (χ3v) is 4.82.